The van der Waals surface area contributed by atoms with Gasteiger partial charge in [-0.3, -0.25) is 4.79 Å². The Morgan fingerprint density at radius 3 is 2.83 bits per heavy atom. The van der Waals surface area contributed by atoms with Gasteiger partial charge >= 0.3 is 0 Å². The molecule has 1 aromatic carbocycles. The van der Waals surface area contributed by atoms with Crippen molar-refractivity contribution in [3.05, 3.63) is 36.0 Å². The van der Waals surface area contributed by atoms with E-state index in [9.17, 15) is 4.79 Å². The molecule has 0 aliphatic carbocycles. The molecule has 0 bridgehead atoms. The number of carbonyl (C=O) groups is 1. The maximum absolute atomic E-state index is 12.4. The van der Waals surface area contributed by atoms with Gasteiger partial charge in [-0.15, -0.1) is 0 Å². The number of aromatic nitrogens is 1. The van der Waals surface area contributed by atoms with Crippen LogP contribution in [0.25, 0.3) is 10.9 Å². The van der Waals surface area contributed by atoms with Gasteiger partial charge in [0, 0.05) is 29.7 Å². The summed E-state index contributed by atoms with van der Waals surface area (Å²) in [5.74, 6) is -0.0650. The van der Waals surface area contributed by atoms with E-state index in [1.807, 2.05) is 24.4 Å². The summed E-state index contributed by atoms with van der Waals surface area (Å²) in [5, 5.41) is 4.21. The highest BCUT2D eigenvalue weighted by molar-refractivity contribution is 5.86. The SMILES string of the molecule is CC(CN1CCCCC1)NC(=O)[C@@H](N)Cc1c[nH]c2ccccc12. The maximum Gasteiger partial charge on any atom is 0.237 e. The largest absolute Gasteiger partial charge is 0.361 e. The Labute approximate surface area is 143 Å². The molecule has 1 fully saturated rings. The highest BCUT2D eigenvalue weighted by atomic mass is 16.2. The Hall–Kier alpha value is -1.85. The number of amides is 1. The minimum absolute atomic E-state index is 0.0650. The van der Waals surface area contributed by atoms with Gasteiger partial charge in [0.1, 0.15) is 0 Å². The first kappa shape index (κ1) is 17.0. The molecule has 0 saturated carbocycles. The fourth-order valence-electron chi connectivity index (χ4n) is 3.55. The van der Waals surface area contributed by atoms with Crippen molar-refractivity contribution in [3.8, 4) is 0 Å². The molecular formula is C19H28N4O. The summed E-state index contributed by atoms with van der Waals surface area (Å²) in [4.78, 5) is 18.1. The molecule has 1 aromatic heterocycles. The third-order valence-corrected chi connectivity index (χ3v) is 4.82. The molecule has 5 heteroatoms. The molecule has 1 aliphatic heterocycles. The summed E-state index contributed by atoms with van der Waals surface area (Å²) in [6.45, 7) is 5.25. The highest BCUT2D eigenvalue weighted by Crippen LogP contribution is 2.18. The smallest absolute Gasteiger partial charge is 0.237 e. The lowest BCUT2D eigenvalue weighted by Gasteiger charge is -2.29. The zero-order valence-electron chi connectivity index (χ0n) is 14.4. The molecule has 0 radical (unpaired) electrons. The molecule has 130 valence electrons. The van der Waals surface area contributed by atoms with Gasteiger partial charge in [-0.25, -0.2) is 0 Å². The second kappa shape index (κ2) is 7.81. The quantitative estimate of drug-likeness (QED) is 0.759. The van der Waals surface area contributed by atoms with Crippen LogP contribution in [0.2, 0.25) is 0 Å². The molecule has 2 heterocycles. The van der Waals surface area contributed by atoms with Crippen molar-refractivity contribution < 1.29 is 4.79 Å². The van der Waals surface area contributed by atoms with Crippen LogP contribution in [0, 0.1) is 0 Å². The number of likely N-dealkylation sites (tertiary alicyclic amines) is 1. The standard InChI is InChI=1S/C19H28N4O/c1-14(13-23-9-5-2-6-10-23)22-19(24)17(20)11-15-12-21-18-8-4-3-7-16(15)18/h3-4,7-8,12,14,17,21H,2,5-6,9-11,13,20H2,1H3,(H,22,24)/t14?,17-/m0/s1. The van der Waals surface area contributed by atoms with E-state index >= 15 is 0 Å². The number of benzene rings is 1. The van der Waals surface area contributed by atoms with Gasteiger partial charge in [0.15, 0.2) is 0 Å². The Balaban J connectivity index is 1.52. The zero-order valence-corrected chi connectivity index (χ0v) is 14.4. The lowest BCUT2D eigenvalue weighted by molar-refractivity contribution is -0.123. The second-order valence-electron chi connectivity index (χ2n) is 6.94. The molecule has 1 saturated heterocycles. The normalized spacial score (nSPS) is 18.4. The Bertz CT molecular complexity index is 675. The predicted molar refractivity (Wildman–Crippen MR) is 97.9 cm³/mol. The van der Waals surface area contributed by atoms with Gasteiger partial charge < -0.3 is 20.9 Å². The number of fused-ring (bicyclic) bond motifs is 1. The molecule has 1 amide bonds. The first-order valence-corrected chi connectivity index (χ1v) is 8.97. The summed E-state index contributed by atoms with van der Waals surface area (Å²) >= 11 is 0. The van der Waals surface area contributed by atoms with E-state index in [2.05, 4.69) is 28.2 Å². The average molecular weight is 328 g/mol. The number of carbonyl (C=O) groups excluding carboxylic acids is 1. The van der Waals surface area contributed by atoms with Crippen molar-refractivity contribution in [1.82, 2.24) is 15.2 Å². The second-order valence-corrected chi connectivity index (χ2v) is 6.94. The fraction of sp³-hybridized carbons (Fsp3) is 0.526. The van der Waals surface area contributed by atoms with Crippen molar-refractivity contribution in [2.75, 3.05) is 19.6 Å². The number of rotatable bonds is 6. The van der Waals surface area contributed by atoms with E-state index in [0.717, 1.165) is 36.1 Å². The van der Waals surface area contributed by atoms with Crippen LogP contribution in [0.1, 0.15) is 31.7 Å². The number of hydrogen-bond donors (Lipinski definition) is 3. The number of hydrogen-bond acceptors (Lipinski definition) is 3. The van der Waals surface area contributed by atoms with Crippen molar-refractivity contribution in [3.63, 3.8) is 0 Å². The minimum Gasteiger partial charge on any atom is -0.361 e. The fourth-order valence-corrected chi connectivity index (χ4v) is 3.55. The molecule has 5 nitrogen and oxygen atoms in total. The number of piperidine rings is 1. The minimum atomic E-state index is -0.520. The van der Waals surface area contributed by atoms with Crippen molar-refractivity contribution >= 4 is 16.8 Å². The highest BCUT2D eigenvalue weighted by Gasteiger charge is 2.20. The van der Waals surface area contributed by atoms with Crippen LogP contribution in [-0.2, 0) is 11.2 Å². The summed E-state index contributed by atoms with van der Waals surface area (Å²) in [5.41, 5.74) is 8.32. The van der Waals surface area contributed by atoms with Gasteiger partial charge in [-0.1, -0.05) is 24.6 Å². The molecule has 2 atom stereocenters. The first-order valence-electron chi connectivity index (χ1n) is 8.97. The first-order chi connectivity index (χ1) is 11.6. The molecular weight excluding hydrogens is 300 g/mol. The van der Waals surface area contributed by atoms with E-state index < -0.39 is 6.04 Å². The Morgan fingerprint density at radius 2 is 2.04 bits per heavy atom. The lowest BCUT2D eigenvalue weighted by atomic mass is 10.0. The van der Waals surface area contributed by atoms with Gasteiger partial charge in [-0.05, 0) is 50.9 Å². The summed E-state index contributed by atoms with van der Waals surface area (Å²) in [7, 11) is 0. The van der Waals surface area contributed by atoms with Crippen LogP contribution >= 0.6 is 0 Å². The number of H-pyrrole nitrogens is 1. The van der Waals surface area contributed by atoms with Crippen LogP contribution in [0.4, 0.5) is 0 Å². The third kappa shape index (κ3) is 4.16. The van der Waals surface area contributed by atoms with Crippen LogP contribution in [-0.4, -0.2) is 47.5 Å². The van der Waals surface area contributed by atoms with Gasteiger partial charge in [0.2, 0.25) is 5.91 Å². The van der Waals surface area contributed by atoms with Gasteiger partial charge in [0.05, 0.1) is 6.04 Å². The summed E-state index contributed by atoms with van der Waals surface area (Å²) in [6, 6.07) is 7.71. The Kier molecular flexibility index (Phi) is 5.53. The lowest BCUT2D eigenvalue weighted by Crippen LogP contribution is -2.49. The van der Waals surface area contributed by atoms with Crippen molar-refractivity contribution in [2.45, 2.75) is 44.7 Å². The number of nitrogens with two attached hydrogens (primary N) is 1. The molecule has 0 spiro atoms. The van der Waals surface area contributed by atoms with Gasteiger partial charge in [0.25, 0.3) is 0 Å². The molecule has 1 unspecified atom stereocenters. The van der Waals surface area contributed by atoms with E-state index in [0.29, 0.717) is 6.42 Å². The predicted octanol–water partition coefficient (Wildman–Crippen LogP) is 2.03. The van der Waals surface area contributed by atoms with Crippen LogP contribution in [0.15, 0.2) is 30.5 Å². The number of para-hydroxylation sites is 1. The monoisotopic (exact) mass is 328 g/mol. The zero-order chi connectivity index (χ0) is 16.9. The van der Waals surface area contributed by atoms with Crippen LogP contribution < -0.4 is 11.1 Å². The molecule has 24 heavy (non-hydrogen) atoms. The van der Waals surface area contributed by atoms with Gasteiger partial charge in [-0.2, -0.15) is 0 Å². The summed E-state index contributed by atoms with van der Waals surface area (Å²) < 4.78 is 0. The molecule has 4 N–H and O–H groups in total. The van der Waals surface area contributed by atoms with E-state index in [-0.39, 0.29) is 11.9 Å². The topological polar surface area (TPSA) is 74.2 Å². The molecule has 2 aromatic rings. The maximum atomic E-state index is 12.4. The van der Waals surface area contributed by atoms with Crippen LogP contribution in [0.5, 0.6) is 0 Å². The Morgan fingerprint density at radius 1 is 1.29 bits per heavy atom. The average Bonchev–Trinajstić information content (AvgIpc) is 2.99. The third-order valence-electron chi connectivity index (χ3n) is 4.82. The number of nitrogens with one attached hydrogen (secondary N) is 2. The molecule has 1 aliphatic rings. The number of nitrogens with zero attached hydrogens (tertiary/aromatic N) is 1. The van der Waals surface area contributed by atoms with E-state index in [1.165, 1.54) is 19.3 Å². The van der Waals surface area contributed by atoms with E-state index in [4.69, 9.17) is 5.73 Å². The summed E-state index contributed by atoms with van der Waals surface area (Å²) in [6.07, 6.45) is 6.36. The van der Waals surface area contributed by atoms with Crippen molar-refractivity contribution in [2.24, 2.45) is 5.73 Å². The number of aromatic amines is 1. The van der Waals surface area contributed by atoms with Crippen LogP contribution in [0.3, 0.4) is 0 Å². The van der Waals surface area contributed by atoms with E-state index in [1.54, 1.807) is 0 Å². The van der Waals surface area contributed by atoms with Crippen molar-refractivity contribution in [1.29, 1.82) is 0 Å². The molecule has 3 rings (SSSR count).